The highest BCUT2D eigenvalue weighted by Crippen LogP contribution is 2.61. The second-order valence-electron chi connectivity index (χ2n) is 4.78. The molecule has 0 aliphatic heterocycles. The minimum Gasteiger partial charge on any atom is -0.362 e. The smallest absolute Gasteiger partial charge is 0.254 e. The third-order valence-corrected chi connectivity index (χ3v) is 3.83. The van der Waals surface area contributed by atoms with Gasteiger partial charge < -0.3 is 10.2 Å². The van der Waals surface area contributed by atoms with Gasteiger partial charge in [-0.25, -0.2) is 0 Å². The lowest BCUT2D eigenvalue weighted by atomic mass is 9.83. The van der Waals surface area contributed by atoms with Crippen molar-refractivity contribution < 1.29 is 19.8 Å². The average molecular weight is 212 g/mol. The Kier molecular flexibility index (Phi) is 2.64. The van der Waals surface area contributed by atoms with Gasteiger partial charge in [-0.1, -0.05) is 19.3 Å². The van der Waals surface area contributed by atoms with E-state index in [9.17, 15) is 9.59 Å². The van der Waals surface area contributed by atoms with Crippen LogP contribution >= 0.6 is 0 Å². The highest BCUT2D eigenvalue weighted by molar-refractivity contribution is 6.39. The fraction of sp³-hybridized carbons (Fsp3) is 0.818. The number of hydrogen-bond acceptors (Lipinski definition) is 4. The van der Waals surface area contributed by atoms with Gasteiger partial charge in [0.15, 0.2) is 0 Å². The minimum atomic E-state index is -2.13. The third-order valence-electron chi connectivity index (χ3n) is 3.83. The van der Waals surface area contributed by atoms with Crippen LogP contribution in [0.2, 0.25) is 0 Å². The standard InChI is InChI=1S/C11H16O4/c12-8(9(13)10(14)15)7-6-11(7)4-2-1-3-5-11/h7,10,14-15H,1-6H2. The molecule has 1 atom stereocenters. The Morgan fingerprint density at radius 1 is 1.13 bits per heavy atom. The number of rotatable bonds is 3. The Hall–Kier alpha value is -0.740. The molecule has 2 aliphatic carbocycles. The summed E-state index contributed by atoms with van der Waals surface area (Å²) in [6.45, 7) is 0. The first-order valence-electron chi connectivity index (χ1n) is 5.51. The topological polar surface area (TPSA) is 74.6 Å². The van der Waals surface area contributed by atoms with E-state index in [2.05, 4.69) is 0 Å². The summed E-state index contributed by atoms with van der Waals surface area (Å²) in [5, 5.41) is 17.3. The monoisotopic (exact) mass is 212 g/mol. The van der Waals surface area contributed by atoms with Gasteiger partial charge in [-0.3, -0.25) is 9.59 Å². The van der Waals surface area contributed by atoms with Gasteiger partial charge in [0.2, 0.25) is 12.1 Å². The van der Waals surface area contributed by atoms with E-state index in [0.29, 0.717) is 0 Å². The molecule has 0 radical (unpaired) electrons. The summed E-state index contributed by atoms with van der Waals surface area (Å²) in [7, 11) is 0. The van der Waals surface area contributed by atoms with Crippen molar-refractivity contribution in [2.24, 2.45) is 11.3 Å². The zero-order valence-electron chi connectivity index (χ0n) is 8.61. The number of aliphatic hydroxyl groups is 2. The molecule has 0 heterocycles. The molecule has 2 saturated carbocycles. The quantitative estimate of drug-likeness (QED) is 0.524. The second kappa shape index (κ2) is 3.68. The van der Waals surface area contributed by atoms with E-state index < -0.39 is 17.9 Å². The van der Waals surface area contributed by atoms with E-state index in [0.717, 1.165) is 32.1 Å². The summed E-state index contributed by atoms with van der Waals surface area (Å²) in [6, 6.07) is 0. The maximum absolute atomic E-state index is 11.6. The van der Waals surface area contributed by atoms with Crippen molar-refractivity contribution in [1.82, 2.24) is 0 Å². The van der Waals surface area contributed by atoms with Gasteiger partial charge in [0.25, 0.3) is 5.78 Å². The van der Waals surface area contributed by atoms with E-state index in [1.165, 1.54) is 6.42 Å². The van der Waals surface area contributed by atoms with Crippen LogP contribution in [-0.4, -0.2) is 28.1 Å². The molecule has 2 rings (SSSR count). The number of carbonyl (C=O) groups is 2. The van der Waals surface area contributed by atoms with Gasteiger partial charge in [0, 0.05) is 5.92 Å². The minimum absolute atomic E-state index is 0.0416. The summed E-state index contributed by atoms with van der Waals surface area (Å²) < 4.78 is 0. The molecule has 0 aromatic heterocycles. The third kappa shape index (κ3) is 1.84. The van der Waals surface area contributed by atoms with E-state index >= 15 is 0 Å². The number of carbonyl (C=O) groups excluding carboxylic acids is 2. The SMILES string of the molecule is O=C(C(=O)C1CC12CCCCC2)C(O)O. The van der Waals surface area contributed by atoms with Crippen LogP contribution in [0.4, 0.5) is 0 Å². The summed E-state index contributed by atoms with van der Waals surface area (Å²) in [6.07, 6.45) is 4.12. The van der Waals surface area contributed by atoms with Crippen molar-refractivity contribution in [3.8, 4) is 0 Å². The van der Waals surface area contributed by atoms with Crippen LogP contribution in [0.25, 0.3) is 0 Å². The van der Waals surface area contributed by atoms with Crippen molar-refractivity contribution in [3.63, 3.8) is 0 Å². The lowest BCUT2D eigenvalue weighted by molar-refractivity contribution is -0.154. The molecule has 0 bridgehead atoms. The van der Waals surface area contributed by atoms with E-state index in [4.69, 9.17) is 10.2 Å². The van der Waals surface area contributed by atoms with Crippen LogP contribution in [0.5, 0.6) is 0 Å². The molecule has 2 N–H and O–H groups in total. The molecule has 84 valence electrons. The van der Waals surface area contributed by atoms with Gasteiger partial charge in [0.05, 0.1) is 0 Å². The largest absolute Gasteiger partial charge is 0.362 e. The van der Waals surface area contributed by atoms with Gasteiger partial charge in [0.1, 0.15) is 0 Å². The molecular formula is C11H16O4. The predicted molar refractivity (Wildman–Crippen MR) is 51.9 cm³/mol. The first-order chi connectivity index (χ1) is 7.07. The highest BCUT2D eigenvalue weighted by atomic mass is 16.5. The average Bonchev–Trinajstić information content (AvgIpc) is 2.91. The Bertz CT molecular complexity index is 289. The second-order valence-corrected chi connectivity index (χ2v) is 4.78. The van der Waals surface area contributed by atoms with Crippen LogP contribution in [-0.2, 0) is 9.59 Å². The van der Waals surface area contributed by atoms with Gasteiger partial charge in [-0.2, -0.15) is 0 Å². The number of Topliss-reactive ketones (excluding diaryl/α,β-unsaturated/α-hetero) is 2. The Balaban J connectivity index is 1.97. The van der Waals surface area contributed by atoms with Crippen LogP contribution in [0.3, 0.4) is 0 Å². The molecule has 4 heteroatoms. The Morgan fingerprint density at radius 3 is 2.27 bits per heavy atom. The molecule has 2 fully saturated rings. The molecule has 1 spiro atoms. The summed E-state index contributed by atoms with van der Waals surface area (Å²) in [5.74, 6) is -1.85. The van der Waals surface area contributed by atoms with Gasteiger partial charge in [-0.15, -0.1) is 0 Å². The van der Waals surface area contributed by atoms with Gasteiger partial charge >= 0.3 is 0 Å². The molecule has 0 saturated heterocycles. The first-order valence-corrected chi connectivity index (χ1v) is 5.51. The highest BCUT2D eigenvalue weighted by Gasteiger charge is 2.58. The maximum atomic E-state index is 11.6. The van der Waals surface area contributed by atoms with Crippen molar-refractivity contribution in [3.05, 3.63) is 0 Å². The fourth-order valence-electron chi connectivity index (χ4n) is 2.83. The predicted octanol–water partition coefficient (Wildman–Crippen LogP) is 0.406. The van der Waals surface area contributed by atoms with Crippen molar-refractivity contribution in [2.75, 3.05) is 0 Å². The van der Waals surface area contributed by atoms with E-state index in [1.54, 1.807) is 0 Å². The molecule has 0 amide bonds. The van der Waals surface area contributed by atoms with Crippen molar-refractivity contribution in [2.45, 2.75) is 44.8 Å². The Labute approximate surface area is 88.3 Å². The van der Waals surface area contributed by atoms with E-state index in [-0.39, 0.29) is 11.3 Å². The molecule has 0 aromatic rings. The van der Waals surface area contributed by atoms with Crippen molar-refractivity contribution in [1.29, 1.82) is 0 Å². The van der Waals surface area contributed by atoms with Crippen LogP contribution in [0.1, 0.15) is 38.5 Å². The summed E-state index contributed by atoms with van der Waals surface area (Å²) in [5.41, 5.74) is 0.0416. The number of ketones is 2. The van der Waals surface area contributed by atoms with Crippen molar-refractivity contribution >= 4 is 11.6 Å². The van der Waals surface area contributed by atoms with E-state index in [1.807, 2.05) is 0 Å². The zero-order chi connectivity index (χ0) is 11.1. The normalized spacial score (nSPS) is 28.1. The fourth-order valence-corrected chi connectivity index (χ4v) is 2.83. The summed E-state index contributed by atoms with van der Waals surface area (Å²) in [4.78, 5) is 22.7. The molecule has 1 unspecified atom stereocenters. The lowest BCUT2D eigenvalue weighted by Gasteiger charge is -2.21. The maximum Gasteiger partial charge on any atom is 0.254 e. The lowest BCUT2D eigenvalue weighted by Crippen LogP contribution is -2.31. The summed E-state index contributed by atoms with van der Waals surface area (Å²) >= 11 is 0. The molecule has 4 nitrogen and oxygen atoms in total. The molecule has 15 heavy (non-hydrogen) atoms. The first kappa shape index (κ1) is 10.8. The molecular weight excluding hydrogens is 196 g/mol. The molecule has 0 aromatic carbocycles. The van der Waals surface area contributed by atoms with Crippen LogP contribution in [0.15, 0.2) is 0 Å². The van der Waals surface area contributed by atoms with Crippen LogP contribution < -0.4 is 0 Å². The van der Waals surface area contributed by atoms with Gasteiger partial charge in [-0.05, 0) is 24.7 Å². The zero-order valence-corrected chi connectivity index (χ0v) is 8.61. The Morgan fingerprint density at radius 2 is 1.73 bits per heavy atom. The number of hydrogen-bond donors (Lipinski definition) is 2. The van der Waals surface area contributed by atoms with Crippen LogP contribution in [0, 0.1) is 11.3 Å². The number of aliphatic hydroxyl groups excluding tert-OH is 1. The molecule has 2 aliphatic rings.